The van der Waals surface area contributed by atoms with Crippen LogP contribution in [0.2, 0.25) is 0 Å². The molecule has 1 N–H and O–H groups in total. The maximum atomic E-state index is 12.2. The molecule has 0 aromatic carbocycles. The Labute approximate surface area is 156 Å². The molecule has 0 atom stereocenters. The van der Waals surface area contributed by atoms with E-state index in [1.807, 2.05) is 17.3 Å². The summed E-state index contributed by atoms with van der Waals surface area (Å²) in [5, 5.41) is 4.97. The van der Waals surface area contributed by atoms with Crippen LogP contribution in [-0.4, -0.2) is 48.7 Å². The molecule has 0 aliphatic carbocycles. The van der Waals surface area contributed by atoms with E-state index in [1.165, 1.54) is 32.1 Å². The molecule has 0 spiro atoms. The summed E-state index contributed by atoms with van der Waals surface area (Å²) < 4.78 is 0. The van der Waals surface area contributed by atoms with Crippen LogP contribution < -0.4 is 10.2 Å². The lowest BCUT2D eigenvalue weighted by Crippen LogP contribution is -2.34. The van der Waals surface area contributed by atoms with Gasteiger partial charge in [-0.2, -0.15) is 5.06 Å². The molecule has 2 aliphatic heterocycles. The van der Waals surface area contributed by atoms with E-state index in [9.17, 15) is 4.79 Å². The van der Waals surface area contributed by atoms with Crippen molar-refractivity contribution in [3.8, 4) is 0 Å². The molecular formula is C20H32N4O2. The molecule has 3 rings (SSSR count). The van der Waals surface area contributed by atoms with Crippen molar-refractivity contribution in [2.75, 3.05) is 37.7 Å². The fourth-order valence-corrected chi connectivity index (χ4v) is 3.65. The summed E-state index contributed by atoms with van der Waals surface area (Å²) in [5.74, 6) is 1.11. The van der Waals surface area contributed by atoms with Crippen molar-refractivity contribution < 1.29 is 9.63 Å². The number of hydroxylamine groups is 2. The van der Waals surface area contributed by atoms with E-state index in [0.717, 1.165) is 50.5 Å². The first-order valence-corrected chi connectivity index (χ1v) is 10.2. The monoisotopic (exact) mass is 360 g/mol. The number of pyridine rings is 1. The van der Waals surface area contributed by atoms with Crippen LogP contribution in [0.15, 0.2) is 18.3 Å². The molecule has 1 aromatic rings. The van der Waals surface area contributed by atoms with Crippen LogP contribution in [0.25, 0.3) is 0 Å². The molecule has 0 saturated carbocycles. The van der Waals surface area contributed by atoms with E-state index in [1.54, 1.807) is 0 Å². The minimum atomic E-state index is 0.0710. The van der Waals surface area contributed by atoms with Crippen molar-refractivity contribution in [3.05, 3.63) is 23.9 Å². The maximum Gasteiger partial charge on any atom is 0.221 e. The Morgan fingerprint density at radius 1 is 1.08 bits per heavy atom. The number of anilines is 1. The standard InChI is InChI=1S/C20H32N4O2/c25-19(10-15-24-14-6-7-16-26-24)22-17-18-9-8-11-21-20(18)23-12-4-2-1-3-5-13-23/h8-9,11H,1-7,10,12-17H2,(H,22,25). The van der Waals surface area contributed by atoms with Gasteiger partial charge in [-0.05, 0) is 31.7 Å². The summed E-state index contributed by atoms with van der Waals surface area (Å²) in [6, 6.07) is 4.03. The Hall–Kier alpha value is -1.66. The smallest absolute Gasteiger partial charge is 0.221 e. The van der Waals surface area contributed by atoms with Crippen molar-refractivity contribution in [2.24, 2.45) is 0 Å². The maximum absolute atomic E-state index is 12.2. The van der Waals surface area contributed by atoms with Crippen LogP contribution in [-0.2, 0) is 16.2 Å². The van der Waals surface area contributed by atoms with Crippen molar-refractivity contribution in [2.45, 2.75) is 57.9 Å². The third-order valence-corrected chi connectivity index (χ3v) is 5.16. The summed E-state index contributed by atoms with van der Waals surface area (Å²) >= 11 is 0. The van der Waals surface area contributed by atoms with E-state index in [2.05, 4.69) is 21.3 Å². The zero-order chi connectivity index (χ0) is 18.0. The molecule has 1 aromatic heterocycles. The van der Waals surface area contributed by atoms with Gasteiger partial charge >= 0.3 is 0 Å². The highest BCUT2D eigenvalue weighted by Crippen LogP contribution is 2.21. The van der Waals surface area contributed by atoms with Gasteiger partial charge in [-0.3, -0.25) is 9.63 Å². The largest absolute Gasteiger partial charge is 0.356 e. The average Bonchev–Trinajstić information content (AvgIpc) is 2.66. The molecule has 6 heteroatoms. The van der Waals surface area contributed by atoms with Crippen LogP contribution in [0.1, 0.15) is 56.9 Å². The van der Waals surface area contributed by atoms with Crippen molar-refractivity contribution >= 4 is 11.7 Å². The van der Waals surface area contributed by atoms with Crippen molar-refractivity contribution in [3.63, 3.8) is 0 Å². The molecule has 2 saturated heterocycles. The normalized spacial score (nSPS) is 19.6. The summed E-state index contributed by atoms with van der Waals surface area (Å²) in [5.41, 5.74) is 1.11. The first kappa shape index (κ1) is 19.1. The second-order valence-corrected chi connectivity index (χ2v) is 7.24. The molecule has 2 fully saturated rings. The topological polar surface area (TPSA) is 57.7 Å². The third-order valence-electron chi connectivity index (χ3n) is 5.16. The van der Waals surface area contributed by atoms with Gasteiger partial charge in [0.2, 0.25) is 5.91 Å². The predicted molar refractivity (Wildman–Crippen MR) is 103 cm³/mol. The van der Waals surface area contributed by atoms with Gasteiger partial charge in [0, 0.05) is 50.9 Å². The van der Waals surface area contributed by atoms with E-state index in [-0.39, 0.29) is 5.91 Å². The van der Waals surface area contributed by atoms with Gasteiger partial charge in [-0.1, -0.05) is 25.3 Å². The van der Waals surface area contributed by atoms with E-state index < -0.39 is 0 Å². The highest BCUT2D eigenvalue weighted by atomic mass is 16.7. The van der Waals surface area contributed by atoms with E-state index >= 15 is 0 Å². The molecule has 2 aliphatic rings. The Balaban J connectivity index is 1.50. The molecule has 0 unspecified atom stereocenters. The van der Waals surface area contributed by atoms with Crippen LogP contribution in [0.3, 0.4) is 0 Å². The highest BCUT2D eigenvalue weighted by molar-refractivity contribution is 5.76. The van der Waals surface area contributed by atoms with Crippen molar-refractivity contribution in [1.82, 2.24) is 15.4 Å². The summed E-state index contributed by atoms with van der Waals surface area (Å²) in [7, 11) is 0. The lowest BCUT2D eigenvalue weighted by Gasteiger charge is -2.28. The summed E-state index contributed by atoms with van der Waals surface area (Å²) in [4.78, 5) is 24.8. The van der Waals surface area contributed by atoms with Crippen LogP contribution in [0, 0.1) is 0 Å². The van der Waals surface area contributed by atoms with Crippen LogP contribution >= 0.6 is 0 Å². The first-order valence-electron chi connectivity index (χ1n) is 10.2. The fraction of sp³-hybridized carbons (Fsp3) is 0.700. The quantitative estimate of drug-likeness (QED) is 0.845. The minimum Gasteiger partial charge on any atom is -0.356 e. The molecule has 144 valence electrons. The minimum absolute atomic E-state index is 0.0710. The molecule has 1 amide bonds. The van der Waals surface area contributed by atoms with Gasteiger partial charge in [0.25, 0.3) is 0 Å². The summed E-state index contributed by atoms with van der Waals surface area (Å²) in [6.45, 7) is 5.03. The molecule has 26 heavy (non-hydrogen) atoms. The second-order valence-electron chi connectivity index (χ2n) is 7.24. The van der Waals surface area contributed by atoms with Gasteiger partial charge in [-0.25, -0.2) is 4.98 Å². The highest BCUT2D eigenvalue weighted by Gasteiger charge is 2.16. The first-order chi connectivity index (χ1) is 12.8. The third kappa shape index (κ3) is 5.95. The number of aromatic nitrogens is 1. The Kier molecular flexibility index (Phi) is 7.70. The average molecular weight is 361 g/mol. The SMILES string of the molecule is O=C(CCN1CCCCO1)NCc1cccnc1N1CCCCCCC1. The van der Waals surface area contributed by atoms with Gasteiger partial charge in [0.1, 0.15) is 5.82 Å². The zero-order valence-electron chi connectivity index (χ0n) is 15.8. The zero-order valence-corrected chi connectivity index (χ0v) is 15.8. The van der Waals surface area contributed by atoms with Crippen LogP contribution in [0.5, 0.6) is 0 Å². The van der Waals surface area contributed by atoms with Gasteiger partial charge in [0.15, 0.2) is 0 Å². The summed E-state index contributed by atoms with van der Waals surface area (Å²) in [6.07, 6.45) is 11.0. The number of amides is 1. The number of nitrogens with one attached hydrogen (secondary N) is 1. The van der Waals surface area contributed by atoms with Gasteiger partial charge in [0.05, 0.1) is 6.61 Å². The molecule has 0 bridgehead atoms. The Morgan fingerprint density at radius 3 is 2.62 bits per heavy atom. The van der Waals surface area contributed by atoms with Gasteiger partial charge in [-0.15, -0.1) is 0 Å². The Morgan fingerprint density at radius 2 is 1.85 bits per heavy atom. The molecular weight excluding hydrogens is 328 g/mol. The number of carbonyl (C=O) groups is 1. The predicted octanol–water partition coefficient (Wildman–Crippen LogP) is 2.89. The molecule has 3 heterocycles. The number of rotatable bonds is 6. The van der Waals surface area contributed by atoms with Crippen molar-refractivity contribution in [1.29, 1.82) is 0 Å². The van der Waals surface area contributed by atoms with Gasteiger partial charge < -0.3 is 10.2 Å². The molecule has 6 nitrogen and oxygen atoms in total. The van der Waals surface area contributed by atoms with E-state index in [4.69, 9.17) is 4.84 Å². The van der Waals surface area contributed by atoms with E-state index in [0.29, 0.717) is 19.5 Å². The number of hydrogen-bond donors (Lipinski definition) is 1. The second kappa shape index (κ2) is 10.5. The lowest BCUT2D eigenvalue weighted by molar-refractivity contribution is -0.181. The Bertz CT molecular complexity index is 552. The van der Waals surface area contributed by atoms with Crippen LogP contribution in [0.4, 0.5) is 5.82 Å². The number of carbonyl (C=O) groups excluding carboxylic acids is 1. The fourth-order valence-electron chi connectivity index (χ4n) is 3.65. The lowest BCUT2D eigenvalue weighted by atomic mass is 10.1. The number of hydrogen-bond acceptors (Lipinski definition) is 5. The molecule has 0 radical (unpaired) electrons. The number of nitrogens with zero attached hydrogens (tertiary/aromatic N) is 3.